The molecule has 2 aromatic carbocycles. The molecule has 3 rings (SSSR count). The van der Waals surface area contributed by atoms with Crippen LogP contribution in [0.4, 0.5) is 4.39 Å². The number of benzene rings is 2. The standard InChI is InChI=1S/C18H11Cl2FN2O3/c1-9-22-15-8-14(21)10(5-6-16(24)25)7-11(15)18(26)23(9)17-12(19)3-2-4-13(17)20/h2-8H,1H3,(H,24,25). The van der Waals surface area contributed by atoms with Crippen LogP contribution in [0.5, 0.6) is 0 Å². The molecule has 0 spiro atoms. The predicted octanol–water partition coefficient (Wildman–Crippen LogP) is 4.24. The van der Waals surface area contributed by atoms with E-state index in [2.05, 4.69) is 4.98 Å². The number of aromatic nitrogens is 2. The second kappa shape index (κ2) is 6.90. The molecule has 0 saturated heterocycles. The molecule has 1 aromatic heterocycles. The lowest BCUT2D eigenvalue weighted by molar-refractivity contribution is -0.131. The molecular formula is C18H11Cl2FN2O3. The monoisotopic (exact) mass is 392 g/mol. The highest BCUT2D eigenvalue weighted by molar-refractivity contribution is 6.37. The van der Waals surface area contributed by atoms with Gasteiger partial charge >= 0.3 is 5.97 Å². The maximum atomic E-state index is 14.1. The maximum absolute atomic E-state index is 14.1. The van der Waals surface area contributed by atoms with Crippen LogP contribution in [0.1, 0.15) is 11.4 Å². The van der Waals surface area contributed by atoms with Gasteiger partial charge < -0.3 is 5.11 Å². The molecule has 8 heteroatoms. The Balaban J connectivity index is 2.35. The predicted molar refractivity (Wildman–Crippen MR) is 98.7 cm³/mol. The van der Waals surface area contributed by atoms with Gasteiger partial charge in [0.1, 0.15) is 11.6 Å². The van der Waals surface area contributed by atoms with Crippen LogP contribution >= 0.6 is 23.2 Å². The molecule has 0 saturated carbocycles. The van der Waals surface area contributed by atoms with Gasteiger partial charge in [-0.15, -0.1) is 0 Å². The van der Waals surface area contributed by atoms with Crippen molar-refractivity contribution in [1.29, 1.82) is 0 Å². The molecule has 26 heavy (non-hydrogen) atoms. The first kappa shape index (κ1) is 18.1. The first-order valence-corrected chi connectivity index (χ1v) is 8.13. The van der Waals surface area contributed by atoms with Crippen LogP contribution in [0.25, 0.3) is 22.7 Å². The number of halogens is 3. The molecule has 1 heterocycles. The molecule has 0 fully saturated rings. The van der Waals surface area contributed by atoms with Gasteiger partial charge in [0.2, 0.25) is 0 Å². The van der Waals surface area contributed by atoms with Gasteiger partial charge in [-0.05, 0) is 31.2 Å². The van der Waals surface area contributed by atoms with Crippen molar-refractivity contribution < 1.29 is 14.3 Å². The van der Waals surface area contributed by atoms with E-state index >= 15 is 0 Å². The van der Waals surface area contributed by atoms with Gasteiger partial charge in [0, 0.05) is 17.7 Å². The highest BCUT2D eigenvalue weighted by Crippen LogP contribution is 2.28. The van der Waals surface area contributed by atoms with Crippen molar-refractivity contribution in [2.75, 3.05) is 0 Å². The number of carbonyl (C=O) groups is 1. The Morgan fingerprint density at radius 2 is 1.92 bits per heavy atom. The van der Waals surface area contributed by atoms with Gasteiger partial charge in [-0.3, -0.25) is 9.36 Å². The van der Waals surface area contributed by atoms with E-state index in [-0.39, 0.29) is 38.0 Å². The lowest BCUT2D eigenvalue weighted by Gasteiger charge is -2.14. The van der Waals surface area contributed by atoms with E-state index in [0.717, 1.165) is 18.2 Å². The quantitative estimate of drug-likeness (QED) is 0.676. The lowest BCUT2D eigenvalue weighted by Crippen LogP contribution is -2.23. The Labute approximate surface area is 156 Å². The highest BCUT2D eigenvalue weighted by Gasteiger charge is 2.16. The molecule has 3 aromatic rings. The number of fused-ring (bicyclic) bond motifs is 1. The van der Waals surface area contributed by atoms with E-state index in [1.807, 2.05) is 0 Å². The summed E-state index contributed by atoms with van der Waals surface area (Å²) in [7, 11) is 0. The minimum Gasteiger partial charge on any atom is -0.478 e. The third-order valence-corrected chi connectivity index (χ3v) is 4.33. The second-order valence-electron chi connectivity index (χ2n) is 5.43. The lowest BCUT2D eigenvalue weighted by atomic mass is 10.1. The Bertz CT molecular complexity index is 1120. The van der Waals surface area contributed by atoms with Crippen LogP contribution in [0.3, 0.4) is 0 Å². The fourth-order valence-corrected chi connectivity index (χ4v) is 3.16. The van der Waals surface area contributed by atoms with Crippen LogP contribution in [-0.4, -0.2) is 20.6 Å². The molecule has 0 aliphatic heterocycles. The van der Waals surface area contributed by atoms with Gasteiger partial charge in [-0.1, -0.05) is 29.3 Å². The average molecular weight is 393 g/mol. The molecule has 5 nitrogen and oxygen atoms in total. The molecule has 1 N–H and O–H groups in total. The number of aliphatic carboxylic acids is 1. The molecule has 0 amide bonds. The van der Waals surface area contributed by atoms with Gasteiger partial charge in [-0.25, -0.2) is 14.2 Å². The third kappa shape index (κ3) is 3.21. The van der Waals surface area contributed by atoms with Crippen molar-refractivity contribution in [3.8, 4) is 5.69 Å². The fraction of sp³-hybridized carbons (Fsp3) is 0.0556. The number of carboxylic acid groups (broad SMARTS) is 1. The molecule has 0 unspecified atom stereocenters. The SMILES string of the molecule is Cc1nc2cc(F)c(C=CC(=O)O)cc2c(=O)n1-c1c(Cl)cccc1Cl. The number of nitrogens with zero attached hydrogens (tertiary/aromatic N) is 2. The summed E-state index contributed by atoms with van der Waals surface area (Å²) >= 11 is 12.4. The summed E-state index contributed by atoms with van der Waals surface area (Å²) in [6.07, 6.45) is 1.86. The Morgan fingerprint density at radius 1 is 1.27 bits per heavy atom. The zero-order valence-electron chi connectivity index (χ0n) is 13.3. The van der Waals surface area contributed by atoms with E-state index in [4.69, 9.17) is 28.3 Å². The minimum atomic E-state index is -1.23. The third-order valence-electron chi connectivity index (χ3n) is 3.72. The van der Waals surface area contributed by atoms with E-state index in [1.54, 1.807) is 25.1 Å². The first-order valence-electron chi connectivity index (χ1n) is 7.38. The van der Waals surface area contributed by atoms with Crippen LogP contribution in [-0.2, 0) is 4.79 Å². The summed E-state index contributed by atoms with van der Waals surface area (Å²) in [5, 5.41) is 9.34. The molecule has 132 valence electrons. The summed E-state index contributed by atoms with van der Waals surface area (Å²) in [5.74, 6) is -1.63. The number of hydrogen-bond acceptors (Lipinski definition) is 3. The summed E-state index contributed by atoms with van der Waals surface area (Å²) in [5.41, 5.74) is -0.108. The summed E-state index contributed by atoms with van der Waals surface area (Å²) < 4.78 is 15.4. The second-order valence-corrected chi connectivity index (χ2v) is 6.25. The fourth-order valence-electron chi connectivity index (χ4n) is 2.59. The first-order chi connectivity index (χ1) is 12.3. The van der Waals surface area contributed by atoms with E-state index in [1.165, 1.54) is 10.6 Å². The van der Waals surface area contributed by atoms with Crippen LogP contribution < -0.4 is 5.56 Å². The summed E-state index contributed by atoms with van der Waals surface area (Å²) in [6.45, 7) is 1.58. The van der Waals surface area contributed by atoms with Crippen molar-refractivity contribution in [1.82, 2.24) is 9.55 Å². The van der Waals surface area contributed by atoms with Crippen molar-refractivity contribution in [3.05, 3.63) is 74.0 Å². The summed E-state index contributed by atoms with van der Waals surface area (Å²) in [6, 6.07) is 7.16. The number of carboxylic acids is 1. The molecule has 0 bridgehead atoms. The van der Waals surface area contributed by atoms with E-state index in [0.29, 0.717) is 0 Å². The van der Waals surface area contributed by atoms with E-state index in [9.17, 15) is 14.0 Å². The molecule has 0 aliphatic rings. The number of rotatable bonds is 3. The molecule has 0 radical (unpaired) electrons. The maximum Gasteiger partial charge on any atom is 0.328 e. The average Bonchev–Trinajstić information content (AvgIpc) is 2.55. The van der Waals surface area contributed by atoms with Crippen molar-refractivity contribution in [2.45, 2.75) is 6.92 Å². The van der Waals surface area contributed by atoms with Crippen LogP contribution in [0.2, 0.25) is 10.0 Å². The number of hydrogen-bond donors (Lipinski definition) is 1. The number of aryl methyl sites for hydroxylation is 1. The van der Waals surface area contributed by atoms with Crippen molar-refractivity contribution in [3.63, 3.8) is 0 Å². The van der Waals surface area contributed by atoms with Gasteiger partial charge in [0.15, 0.2) is 0 Å². The topological polar surface area (TPSA) is 72.2 Å². The zero-order chi connectivity index (χ0) is 19.0. The van der Waals surface area contributed by atoms with Gasteiger partial charge in [0.05, 0.1) is 26.6 Å². The van der Waals surface area contributed by atoms with Crippen LogP contribution in [0, 0.1) is 12.7 Å². The van der Waals surface area contributed by atoms with Gasteiger partial charge in [0.25, 0.3) is 5.56 Å². The summed E-state index contributed by atoms with van der Waals surface area (Å²) in [4.78, 5) is 27.9. The Morgan fingerprint density at radius 3 is 2.54 bits per heavy atom. The smallest absolute Gasteiger partial charge is 0.328 e. The Hall–Kier alpha value is -2.70. The van der Waals surface area contributed by atoms with Gasteiger partial charge in [-0.2, -0.15) is 0 Å². The van der Waals surface area contributed by atoms with Crippen molar-refractivity contribution >= 4 is 46.2 Å². The minimum absolute atomic E-state index is 0.0422. The number of para-hydroxylation sites is 1. The van der Waals surface area contributed by atoms with Crippen molar-refractivity contribution in [2.24, 2.45) is 0 Å². The highest BCUT2D eigenvalue weighted by atomic mass is 35.5. The zero-order valence-corrected chi connectivity index (χ0v) is 14.8. The largest absolute Gasteiger partial charge is 0.478 e. The van der Waals surface area contributed by atoms with Crippen LogP contribution in [0.15, 0.2) is 41.2 Å². The molecule has 0 aliphatic carbocycles. The normalized spacial score (nSPS) is 11.4. The molecular weight excluding hydrogens is 382 g/mol. The Kier molecular flexibility index (Phi) is 4.80. The van der Waals surface area contributed by atoms with E-state index < -0.39 is 17.3 Å². The molecule has 0 atom stereocenters.